The van der Waals surface area contributed by atoms with E-state index in [1.54, 1.807) is 0 Å². The smallest absolute Gasteiger partial charge is 0.328 e. The minimum Gasteiger partial charge on any atom is -0.478 e. The van der Waals surface area contributed by atoms with Gasteiger partial charge in [-0.3, -0.25) is 0 Å². The van der Waals surface area contributed by atoms with Gasteiger partial charge < -0.3 is 5.11 Å². The Morgan fingerprint density at radius 1 is 1.50 bits per heavy atom. The van der Waals surface area contributed by atoms with Gasteiger partial charge in [-0.2, -0.15) is 0 Å². The standard InChI is InChI=1S/C6H6Cl2O2/c7-4-3-5(8)1-2-6(9)10/h1-3H,4H2,(H,9,10)/b2-1+,5-3-. The molecule has 0 unspecified atom stereocenters. The number of allylic oxidation sites excluding steroid dienone is 3. The van der Waals surface area contributed by atoms with Crippen molar-refractivity contribution in [2.24, 2.45) is 0 Å². The van der Waals surface area contributed by atoms with Crippen LogP contribution in [0, 0.1) is 0 Å². The van der Waals surface area contributed by atoms with Gasteiger partial charge in [0.2, 0.25) is 0 Å². The number of hydrogen-bond acceptors (Lipinski definition) is 1. The third-order valence-electron chi connectivity index (χ3n) is 0.657. The van der Waals surface area contributed by atoms with Gasteiger partial charge in [-0.05, 0) is 6.08 Å². The molecule has 4 heteroatoms. The van der Waals surface area contributed by atoms with Crippen LogP contribution in [-0.4, -0.2) is 17.0 Å². The summed E-state index contributed by atoms with van der Waals surface area (Å²) < 4.78 is 0. The predicted octanol–water partition coefficient (Wildman–Crippen LogP) is 1.99. The Morgan fingerprint density at radius 2 is 2.10 bits per heavy atom. The lowest BCUT2D eigenvalue weighted by molar-refractivity contribution is -0.131. The number of rotatable bonds is 3. The molecule has 0 bridgehead atoms. The first-order valence-corrected chi connectivity index (χ1v) is 3.40. The van der Waals surface area contributed by atoms with Crippen molar-refractivity contribution in [1.82, 2.24) is 0 Å². The van der Waals surface area contributed by atoms with E-state index < -0.39 is 5.97 Å². The average Bonchev–Trinajstić information content (AvgIpc) is 1.85. The fourth-order valence-corrected chi connectivity index (χ4v) is 0.678. The SMILES string of the molecule is O=C(O)/C=C/C(Cl)=C/CCl. The molecule has 0 aliphatic heterocycles. The second kappa shape index (κ2) is 5.33. The second-order valence-electron chi connectivity index (χ2n) is 1.41. The summed E-state index contributed by atoms with van der Waals surface area (Å²) in [6, 6.07) is 0. The highest BCUT2D eigenvalue weighted by atomic mass is 35.5. The monoisotopic (exact) mass is 180 g/mol. The van der Waals surface area contributed by atoms with Crippen LogP contribution in [0.15, 0.2) is 23.3 Å². The molecule has 2 nitrogen and oxygen atoms in total. The Hall–Kier alpha value is -0.470. The molecular weight excluding hydrogens is 175 g/mol. The van der Waals surface area contributed by atoms with E-state index in [0.717, 1.165) is 6.08 Å². The molecule has 0 spiro atoms. The molecule has 0 radical (unpaired) electrons. The van der Waals surface area contributed by atoms with Gasteiger partial charge in [0, 0.05) is 17.0 Å². The van der Waals surface area contributed by atoms with E-state index in [1.165, 1.54) is 12.2 Å². The first-order chi connectivity index (χ1) is 4.66. The fraction of sp³-hybridized carbons (Fsp3) is 0.167. The van der Waals surface area contributed by atoms with E-state index in [-0.39, 0.29) is 5.88 Å². The van der Waals surface area contributed by atoms with Crippen molar-refractivity contribution in [3.05, 3.63) is 23.3 Å². The molecule has 0 aromatic heterocycles. The van der Waals surface area contributed by atoms with E-state index in [4.69, 9.17) is 28.3 Å². The largest absolute Gasteiger partial charge is 0.478 e. The first kappa shape index (κ1) is 9.53. The molecule has 0 aromatic carbocycles. The lowest BCUT2D eigenvalue weighted by atomic mass is 10.4. The molecule has 56 valence electrons. The van der Waals surface area contributed by atoms with Gasteiger partial charge in [-0.1, -0.05) is 17.7 Å². The van der Waals surface area contributed by atoms with Crippen LogP contribution in [0.2, 0.25) is 0 Å². The van der Waals surface area contributed by atoms with Crippen LogP contribution in [-0.2, 0) is 4.79 Å². The third-order valence-corrected chi connectivity index (χ3v) is 1.09. The summed E-state index contributed by atoms with van der Waals surface area (Å²) in [7, 11) is 0. The summed E-state index contributed by atoms with van der Waals surface area (Å²) in [6.45, 7) is 0. The maximum atomic E-state index is 9.90. The fourth-order valence-electron chi connectivity index (χ4n) is 0.293. The molecule has 10 heavy (non-hydrogen) atoms. The van der Waals surface area contributed by atoms with Crippen LogP contribution in [0.25, 0.3) is 0 Å². The number of alkyl halides is 1. The van der Waals surface area contributed by atoms with Crippen molar-refractivity contribution in [2.45, 2.75) is 0 Å². The van der Waals surface area contributed by atoms with Gasteiger partial charge in [0.1, 0.15) is 0 Å². The molecular formula is C6H6Cl2O2. The molecule has 0 aliphatic carbocycles. The van der Waals surface area contributed by atoms with Crippen molar-refractivity contribution >= 4 is 29.2 Å². The topological polar surface area (TPSA) is 37.3 Å². The number of carbonyl (C=O) groups is 1. The molecule has 0 fully saturated rings. The van der Waals surface area contributed by atoms with E-state index in [2.05, 4.69) is 0 Å². The molecule has 0 saturated heterocycles. The Balaban J connectivity index is 3.89. The number of hydrogen-bond donors (Lipinski definition) is 1. The molecule has 1 N–H and O–H groups in total. The summed E-state index contributed by atoms with van der Waals surface area (Å²) in [6.07, 6.45) is 3.72. The molecule has 0 amide bonds. The molecule has 0 atom stereocenters. The van der Waals surface area contributed by atoms with Crippen LogP contribution in [0.4, 0.5) is 0 Å². The number of carboxylic acids is 1. The summed E-state index contributed by atoms with van der Waals surface area (Å²) in [5, 5.41) is 8.46. The van der Waals surface area contributed by atoms with E-state index >= 15 is 0 Å². The Labute approximate surface area is 68.7 Å². The van der Waals surface area contributed by atoms with Crippen LogP contribution < -0.4 is 0 Å². The van der Waals surface area contributed by atoms with Gasteiger partial charge in [0.25, 0.3) is 0 Å². The minimum absolute atomic E-state index is 0.281. The van der Waals surface area contributed by atoms with Crippen LogP contribution in [0.3, 0.4) is 0 Å². The minimum atomic E-state index is -1.03. The summed E-state index contributed by atoms with van der Waals surface area (Å²) >= 11 is 10.7. The molecule has 0 aromatic rings. The Morgan fingerprint density at radius 3 is 2.50 bits per heavy atom. The van der Waals surface area contributed by atoms with E-state index in [1.807, 2.05) is 0 Å². The zero-order valence-electron chi connectivity index (χ0n) is 5.05. The van der Waals surface area contributed by atoms with Crippen molar-refractivity contribution in [3.63, 3.8) is 0 Å². The zero-order chi connectivity index (χ0) is 7.98. The van der Waals surface area contributed by atoms with Crippen molar-refractivity contribution in [2.75, 3.05) is 5.88 Å². The Kier molecular flexibility index (Phi) is 5.08. The summed E-state index contributed by atoms with van der Waals surface area (Å²) in [5.74, 6) is -0.746. The summed E-state index contributed by atoms with van der Waals surface area (Å²) in [5.41, 5.74) is 0. The van der Waals surface area contributed by atoms with E-state index in [0.29, 0.717) is 5.03 Å². The maximum absolute atomic E-state index is 9.90. The van der Waals surface area contributed by atoms with Crippen molar-refractivity contribution < 1.29 is 9.90 Å². The lowest BCUT2D eigenvalue weighted by Crippen LogP contribution is -1.85. The second-order valence-corrected chi connectivity index (χ2v) is 2.16. The molecule has 0 heterocycles. The van der Waals surface area contributed by atoms with Gasteiger partial charge in [-0.15, -0.1) is 11.6 Å². The predicted molar refractivity (Wildman–Crippen MR) is 41.4 cm³/mol. The van der Waals surface area contributed by atoms with Gasteiger partial charge in [-0.25, -0.2) is 4.79 Å². The van der Waals surface area contributed by atoms with Crippen molar-refractivity contribution in [1.29, 1.82) is 0 Å². The molecule has 0 aliphatic rings. The molecule has 0 rings (SSSR count). The van der Waals surface area contributed by atoms with Crippen LogP contribution >= 0.6 is 23.2 Å². The summed E-state index contributed by atoms with van der Waals surface area (Å²) in [4.78, 5) is 9.90. The highest BCUT2D eigenvalue weighted by molar-refractivity contribution is 6.32. The van der Waals surface area contributed by atoms with Crippen LogP contribution in [0.1, 0.15) is 0 Å². The number of aliphatic carboxylic acids is 1. The first-order valence-electron chi connectivity index (χ1n) is 2.49. The third kappa shape index (κ3) is 5.66. The number of halogens is 2. The zero-order valence-corrected chi connectivity index (χ0v) is 6.56. The van der Waals surface area contributed by atoms with Gasteiger partial charge in [0.05, 0.1) is 0 Å². The van der Waals surface area contributed by atoms with Crippen molar-refractivity contribution in [3.8, 4) is 0 Å². The van der Waals surface area contributed by atoms with E-state index in [9.17, 15) is 4.79 Å². The number of carboxylic acid groups (broad SMARTS) is 1. The van der Waals surface area contributed by atoms with Crippen LogP contribution in [0.5, 0.6) is 0 Å². The van der Waals surface area contributed by atoms with Gasteiger partial charge in [0.15, 0.2) is 0 Å². The average molecular weight is 181 g/mol. The highest BCUT2D eigenvalue weighted by Crippen LogP contribution is 2.02. The lowest BCUT2D eigenvalue weighted by Gasteiger charge is -1.83. The quantitative estimate of drug-likeness (QED) is 0.410. The normalized spacial score (nSPS) is 12.4. The van der Waals surface area contributed by atoms with Gasteiger partial charge >= 0.3 is 5.97 Å². The molecule has 0 saturated carbocycles. The maximum Gasteiger partial charge on any atom is 0.328 e. The highest BCUT2D eigenvalue weighted by Gasteiger charge is 1.86. The Bertz CT molecular complexity index is 173.